The van der Waals surface area contributed by atoms with Gasteiger partial charge in [-0.05, 0) is 42.6 Å². The summed E-state index contributed by atoms with van der Waals surface area (Å²) < 4.78 is 2.68. The van der Waals surface area contributed by atoms with Crippen LogP contribution in [-0.2, 0) is 0 Å². The molecular formula is C22H26N2OS. The first kappa shape index (κ1) is 17.5. The first-order valence-electron chi connectivity index (χ1n) is 9.49. The van der Waals surface area contributed by atoms with Crippen molar-refractivity contribution in [3.8, 4) is 11.1 Å². The molecule has 1 aliphatic rings. The molecule has 0 radical (unpaired) electrons. The Labute approximate surface area is 158 Å². The van der Waals surface area contributed by atoms with E-state index in [9.17, 15) is 4.79 Å². The molecule has 136 valence electrons. The zero-order chi connectivity index (χ0) is 18.3. The molecule has 0 atom stereocenters. The average molecular weight is 367 g/mol. The van der Waals surface area contributed by atoms with Gasteiger partial charge in [0.05, 0.1) is 11.8 Å². The van der Waals surface area contributed by atoms with Crippen molar-refractivity contribution in [2.45, 2.75) is 52.5 Å². The van der Waals surface area contributed by atoms with Crippen molar-refractivity contribution in [1.82, 2.24) is 9.55 Å². The lowest BCUT2D eigenvalue weighted by molar-refractivity contribution is 0.151. The Morgan fingerprint density at radius 2 is 1.77 bits per heavy atom. The van der Waals surface area contributed by atoms with Crippen LogP contribution in [0.2, 0.25) is 0 Å². The van der Waals surface area contributed by atoms with Crippen LogP contribution in [0.15, 0.2) is 46.8 Å². The number of thiophene rings is 1. The first-order chi connectivity index (χ1) is 12.4. The minimum atomic E-state index is 0.126. The highest BCUT2D eigenvalue weighted by Crippen LogP contribution is 2.41. The maximum Gasteiger partial charge on any atom is 0.271 e. The molecule has 1 saturated carbocycles. The summed E-state index contributed by atoms with van der Waals surface area (Å²) in [6.45, 7) is 6.98. The third-order valence-electron chi connectivity index (χ3n) is 5.90. The number of benzene rings is 1. The third kappa shape index (κ3) is 3.11. The van der Waals surface area contributed by atoms with Crippen LogP contribution in [0.1, 0.15) is 52.5 Å². The Hall–Kier alpha value is -1.94. The SMILES string of the molecule is CC(C)(C)C1CCC(n2cnc3c(-c4ccccc4)csc3c2=O)CC1. The Morgan fingerprint density at radius 1 is 1.08 bits per heavy atom. The van der Waals surface area contributed by atoms with Crippen molar-refractivity contribution in [2.24, 2.45) is 11.3 Å². The topological polar surface area (TPSA) is 34.9 Å². The molecule has 0 amide bonds. The quantitative estimate of drug-likeness (QED) is 0.566. The number of hydrogen-bond donors (Lipinski definition) is 0. The number of rotatable bonds is 2. The molecule has 3 nitrogen and oxygen atoms in total. The van der Waals surface area contributed by atoms with Crippen LogP contribution in [0.3, 0.4) is 0 Å². The van der Waals surface area contributed by atoms with Crippen molar-refractivity contribution in [3.63, 3.8) is 0 Å². The van der Waals surface area contributed by atoms with Gasteiger partial charge < -0.3 is 0 Å². The van der Waals surface area contributed by atoms with Gasteiger partial charge in [0.1, 0.15) is 4.70 Å². The van der Waals surface area contributed by atoms with Crippen molar-refractivity contribution in [1.29, 1.82) is 0 Å². The molecule has 0 saturated heterocycles. The van der Waals surface area contributed by atoms with Crippen molar-refractivity contribution in [2.75, 3.05) is 0 Å². The standard InChI is InChI=1S/C22H26N2OS/c1-22(2,3)16-9-11-17(12-10-16)24-14-23-19-18(13-26-20(19)21(24)25)15-7-5-4-6-8-15/h4-8,13-14,16-17H,9-12H2,1-3H3. The molecule has 0 N–H and O–H groups in total. The lowest BCUT2D eigenvalue weighted by Gasteiger charge is -2.37. The van der Waals surface area contributed by atoms with Gasteiger partial charge in [-0.3, -0.25) is 9.36 Å². The maximum atomic E-state index is 13.1. The smallest absolute Gasteiger partial charge is 0.271 e. The minimum absolute atomic E-state index is 0.126. The summed E-state index contributed by atoms with van der Waals surface area (Å²) in [4.78, 5) is 17.8. The van der Waals surface area contributed by atoms with E-state index in [1.54, 1.807) is 6.33 Å². The van der Waals surface area contributed by atoms with E-state index >= 15 is 0 Å². The van der Waals surface area contributed by atoms with E-state index < -0.39 is 0 Å². The maximum absolute atomic E-state index is 13.1. The van der Waals surface area contributed by atoms with Gasteiger partial charge >= 0.3 is 0 Å². The molecule has 4 rings (SSSR count). The highest BCUT2D eigenvalue weighted by Gasteiger charge is 2.31. The lowest BCUT2D eigenvalue weighted by Crippen LogP contribution is -2.31. The second kappa shape index (κ2) is 6.66. The molecule has 3 aromatic rings. The van der Waals surface area contributed by atoms with Gasteiger partial charge in [0, 0.05) is 17.0 Å². The molecule has 2 aromatic heterocycles. The van der Waals surface area contributed by atoms with Crippen molar-refractivity contribution in [3.05, 3.63) is 52.4 Å². The summed E-state index contributed by atoms with van der Waals surface area (Å²) in [5.74, 6) is 0.748. The average Bonchev–Trinajstić information content (AvgIpc) is 3.07. The zero-order valence-electron chi connectivity index (χ0n) is 15.7. The molecule has 0 bridgehead atoms. The van der Waals surface area contributed by atoms with Crippen molar-refractivity contribution >= 4 is 21.6 Å². The second-order valence-electron chi connectivity index (χ2n) is 8.52. The molecule has 1 aliphatic carbocycles. The minimum Gasteiger partial charge on any atom is -0.295 e. The predicted molar refractivity (Wildman–Crippen MR) is 110 cm³/mol. The van der Waals surface area contributed by atoms with Gasteiger partial charge in [0.25, 0.3) is 5.56 Å². The molecule has 1 aromatic carbocycles. The van der Waals surface area contributed by atoms with Crippen LogP contribution in [0.25, 0.3) is 21.3 Å². The van der Waals surface area contributed by atoms with Gasteiger partial charge in [-0.25, -0.2) is 4.98 Å². The fraction of sp³-hybridized carbons (Fsp3) is 0.455. The molecule has 2 heterocycles. The summed E-state index contributed by atoms with van der Waals surface area (Å²) in [6.07, 6.45) is 6.32. The lowest BCUT2D eigenvalue weighted by atomic mass is 9.71. The zero-order valence-corrected chi connectivity index (χ0v) is 16.6. The van der Waals surface area contributed by atoms with Crippen LogP contribution < -0.4 is 5.56 Å². The summed E-state index contributed by atoms with van der Waals surface area (Å²) in [6, 6.07) is 10.5. The van der Waals surface area contributed by atoms with Gasteiger partial charge in [-0.2, -0.15) is 0 Å². The summed E-state index contributed by atoms with van der Waals surface area (Å²) >= 11 is 1.52. The van der Waals surface area contributed by atoms with Gasteiger partial charge in [0.2, 0.25) is 0 Å². The highest BCUT2D eigenvalue weighted by atomic mass is 32.1. The number of nitrogens with zero attached hydrogens (tertiary/aromatic N) is 2. The molecule has 1 fully saturated rings. The second-order valence-corrected chi connectivity index (χ2v) is 9.40. The molecule has 0 aliphatic heterocycles. The number of hydrogen-bond acceptors (Lipinski definition) is 3. The summed E-state index contributed by atoms with van der Waals surface area (Å²) in [5.41, 5.74) is 3.50. The van der Waals surface area contributed by atoms with E-state index in [-0.39, 0.29) is 5.56 Å². The number of fused-ring (bicyclic) bond motifs is 1. The van der Waals surface area contributed by atoms with Crippen LogP contribution in [0.4, 0.5) is 0 Å². The van der Waals surface area contributed by atoms with E-state index in [0.717, 1.165) is 40.1 Å². The van der Waals surface area contributed by atoms with Crippen LogP contribution in [-0.4, -0.2) is 9.55 Å². The molecule has 26 heavy (non-hydrogen) atoms. The van der Waals surface area contributed by atoms with E-state index in [1.807, 2.05) is 22.8 Å². The summed E-state index contributed by atoms with van der Waals surface area (Å²) in [7, 11) is 0. The molecule has 0 unspecified atom stereocenters. The van der Waals surface area contributed by atoms with Crippen LogP contribution in [0, 0.1) is 11.3 Å². The molecule has 4 heteroatoms. The fourth-order valence-electron chi connectivity index (χ4n) is 4.22. The third-order valence-corrected chi connectivity index (χ3v) is 6.86. The Kier molecular flexibility index (Phi) is 4.47. The Morgan fingerprint density at radius 3 is 2.42 bits per heavy atom. The Balaban J connectivity index is 1.65. The van der Waals surface area contributed by atoms with Crippen molar-refractivity contribution < 1.29 is 0 Å². The van der Waals surface area contributed by atoms with E-state index in [0.29, 0.717) is 11.5 Å². The number of aromatic nitrogens is 2. The first-order valence-corrected chi connectivity index (χ1v) is 10.4. The van der Waals surface area contributed by atoms with Gasteiger partial charge in [0.15, 0.2) is 0 Å². The van der Waals surface area contributed by atoms with E-state index in [2.05, 4.69) is 38.3 Å². The highest BCUT2D eigenvalue weighted by molar-refractivity contribution is 7.17. The largest absolute Gasteiger partial charge is 0.295 e. The van der Waals surface area contributed by atoms with Gasteiger partial charge in [-0.1, -0.05) is 51.1 Å². The van der Waals surface area contributed by atoms with E-state index in [1.165, 1.54) is 24.2 Å². The monoisotopic (exact) mass is 366 g/mol. The van der Waals surface area contributed by atoms with E-state index in [4.69, 9.17) is 4.98 Å². The normalized spacial score (nSPS) is 21.2. The van der Waals surface area contributed by atoms with Crippen LogP contribution >= 0.6 is 11.3 Å². The summed E-state index contributed by atoms with van der Waals surface area (Å²) in [5, 5.41) is 2.06. The van der Waals surface area contributed by atoms with Gasteiger partial charge in [-0.15, -0.1) is 11.3 Å². The molecule has 0 spiro atoms. The van der Waals surface area contributed by atoms with Crippen LogP contribution in [0.5, 0.6) is 0 Å². The fourth-order valence-corrected chi connectivity index (χ4v) is 5.19. The predicted octanol–water partition coefficient (Wildman–Crippen LogP) is 5.90. The Bertz CT molecular complexity index is 957. The molecular weight excluding hydrogens is 340 g/mol.